The summed E-state index contributed by atoms with van der Waals surface area (Å²) < 4.78 is 5.46. The minimum absolute atomic E-state index is 0.544. The standard InChI is InChI=1S/C19H23NO/c1-14-13-16(17-8-4-5-9-18(17)20-14)12-11-15-7-3-6-10-19(15)21-2/h3-10,14,16,20H,11-13H2,1-2H3. The van der Waals surface area contributed by atoms with E-state index in [2.05, 4.69) is 48.6 Å². The molecule has 3 rings (SSSR count). The van der Waals surface area contributed by atoms with Crippen LogP contribution in [-0.2, 0) is 6.42 Å². The summed E-state index contributed by atoms with van der Waals surface area (Å²) in [5.41, 5.74) is 4.08. The van der Waals surface area contributed by atoms with Gasteiger partial charge in [0, 0.05) is 11.7 Å². The lowest BCUT2D eigenvalue weighted by Crippen LogP contribution is -2.25. The van der Waals surface area contributed by atoms with Crippen LogP contribution in [0.15, 0.2) is 48.5 Å². The number of aryl methyl sites for hydroxylation is 1. The van der Waals surface area contributed by atoms with Crippen molar-refractivity contribution in [2.45, 2.75) is 38.1 Å². The summed E-state index contributed by atoms with van der Waals surface area (Å²) in [7, 11) is 1.75. The fourth-order valence-electron chi connectivity index (χ4n) is 3.38. The van der Waals surface area contributed by atoms with Gasteiger partial charge in [-0.3, -0.25) is 0 Å². The summed E-state index contributed by atoms with van der Waals surface area (Å²) >= 11 is 0. The highest BCUT2D eigenvalue weighted by Crippen LogP contribution is 2.37. The van der Waals surface area contributed by atoms with Crippen molar-refractivity contribution in [1.82, 2.24) is 0 Å². The fourth-order valence-corrected chi connectivity index (χ4v) is 3.38. The van der Waals surface area contributed by atoms with E-state index in [9.17, 15) is 0 Å². The topological polar surface area (TPSA) is 21.3 Å². The van der Waals surface area contributed by atoms with E-state index in [-0.39, 0.29) is 0 Å². The number of rotatable bonds is 4. The van der Waals surface area contributed by atoms with Crippen LogP contribution in [0.2, 0.25) is 0 Å². The minimum Gasteiger partial charge on any atom is -0.496 e. The van der Waals surface area contributed by atoms with Gasteiger partial charge in [-0.2, -0.15) is 0 Å². The van der Waals surface area contributed by atoms with Gasteiger partial charge < -0.3 is 10.1 Å². The molecule has 2 nitrogen and oxygen atoms in total. The second kappa shape index (κ2) is 6.21. The van der Waals surface area contributed by atoms with E-state index in [1.54, 1.807) is 7.11 Å². The molecule has 0 aliphatic carbocycles. The van der Waals surface area contributed by atoms with Crippen molar-refractivity contribution in [3.8, 4) is 5.75 Å². The van der Waals surface area contributed by atoms with E-state index in [0.29, 0.717) is 12.0 Å². The molecule has 2 atom stereocenters. The number of hydrogen-bond donors (Lipinski definition) is 1. The highest BCUT2D eigenvalue weighted by molar-refractivity contribution is 5.55. The first-order valence-corrected chi connectivity index (χ1v) is 7.75. The highest BCUT2D eigenvalue weighted by atomic mass is 16.5. The second-order valence-corrected chi connectivity index (χ2v) is 5.92. The summed E-state index contributed by atoms with van der Waals surface area (Å²) in [6, 6.07) is 17.6. The Labute approximate surface area is 127 Å². The van der Waals surface area contributed by atoms with E-state index >= 15 is 0 Å². The molecule has 1 aliphatic rings. The molecule has 21 heavy (non-hydrogen) atoms. The third-order valence-corrected chi connectivity index (χ3v) is 4.40. The second-order valence-electron chi connectivity index (χ2n) is 5.92. The zero-order valence-electron chi connectivity index (χ0n) is 12.8. The molecule has 1 aliphatic heterocycles. The van der Waals surface area contributed by atoms with Crippen LogP contribution in [0.4, 0.5) is 5.69 Å². The van der Waals surface area contributed by atoms with Crippen molar-refractivity contribution in [2.24, 2.45) is 0 Å². The van der Waals surface area contributed by atoms with Crippen LogP contribution >= 0.6 is 0 Å². The molecule has 2 unspecified atom stereocenters. The molecule has 0 aromatic heterocycles. The fraction of sp³-hybridized carbons (Fsp3) is 0.368. The van der Waals surface area contributed by atoms with Crippen LogP contribution in [0.25, 0.3) is 0 Å². The van der Waals surface area contributed by atoms with Crippen LogP contribution < -0.4 is 10.1 Å². The van der Waals surface area contributed by atoms with Gasteiger partial charge in [0.25, 0.3) is 0 Å². The van der Waals surface area contributed by atoms with Crippen molar-refractivity contribution < 1.29 is 4.74 Å². The van der Waals surface area contributed by atoms with Gasteiger partial charge in [-0.05, 0) is 55.4 Å². The maximum atomic E-state index is 5.46. The summed E-state index contributed by atoms with van der Waals surface area (Å²) in [6.07, 6.45) is 3.44. The van der Waals surface area contributed by atoms with Crippen LogP contribution in [0, 0.1) is 0 Å². The van der Waals surface area contributed by atoms with Crippen molar-refractivity contribution in [3.63, 3.8) is 0 Å². The van der Waals surface area contributed by atoms with Crippen LogP contribution in [0.3, 0.4) is 0 Å². The van der Waals surface area contributed by atoms with Crippen molar-refractivity contribution in [2.75, 3.05) is 12.4 Å². The number of fused-ring (bicyclic) bond motifs is 1. The molecule has 0 fully saturated rings. The van der Waals surface area contributed by atoms with Gasteiger partial charge in [0.1, 0.15) is 5.75 Å². The first-order chi connectivity index (χ1) is 10.3. The molecule has 2 aromatic carbocycles. The molecule has 0 bridgehead atoms. The molecule has 1 heterocycles. The van der Waals surface area contributed by atoms with Crippen LogP contribution in [-0.4, -0.2) is 13.2 Å². The van der Waals surface area contributed by atoms with Crippen LogP contribution in [0.1, 0.15) is 36.8 Å². The Morgan fingerprint density at radius 2 is 1.86 bits per heavy atom. The van der Waals surface area contributed by atoms with Crippen LogP contribution in [0.5, 0.6) is 5.75 Å². The number of methoxy groups -OCH3 is 1. The zero-order chi connectivity index (χ0) is 14.7. The number of para-hydroxylation sites is 2. The zero-order valence-corrected chi connectivity index (χ0v) is 12.8. The van der Waals surface area contributed by atoms with Crippen molar-refractivity contribution in [1.29, 1.82) is 0 Å². The van der Waals surface area contributed by atoms with Gasteiger partial charge in [0.15, 0.2) is 0 Å². The number of anilines is 1. The number of ether oxygens (including phenoxy) is 1. The van der Waals surface area contributed by atoms with Gasteiger partial charge in [-0.25, -0.2) is 0 Å². The number of hydrogen-bond acceptors (Lipinski definition) is 2. The molecular formula is C19H23NO. The maximum absolute atomic E-state index is 5.46. The Hall–Kier alpha value is -1.96. The Balaban J connectivity index is 1.76. The van der Waals surface area contributed by atoms with Gasteiger partial charge >= 0.3 is 0 Å². The van der Waals surface area contributed by atoms with Gasteiger partial charge in [-0.1, -0.05) is 36.4 Å². The Bertz CT molecular complexity index is 608. The molecule has 0 saturated heterocycles. The predicted molar refractivity (Wildman–Crippen MR) is 88.2 cm³/mol. The van der Waals surface area contributed by atoms with E-state index in [4.69, 9.17) is 4.74 Å². The lowest BCUT2D eigenvalue weighted by Gasteiger charge is -2.31. The van der Waals surface area contributed by atoms with Gasteiger partial charge in [0.05, 0.1) is 7.11 Å². The Morgan fingerprint density at radius 1 is 1.10 bits per heavy atom. The molecule has 110 valence electrons. The molecule has 0 amide bonds. The Morgan fingerprint density at radius 3 is 2.71 bits per heavy atom. The molecule has 0 radical (unpaired) electrons. The largest absolute Gasteiger partial charge is 0.496 e. The van der Waals surface area contributed by atoms with E-state index in [1.807, 2.05) is 12.1 Å². The summed E-state index contributed by atoms with van der Waals surface area (Å²) in [5.74, 6) is 1.63. The average molecular weight is 281 g/mol. The molecule has 2 heteroatoms. The van der Waals surface area contributed by atoms with Crippen molar-refractivity contribution >= 4 is 5.69 Å². The number of nitrogens with one attached hydrogen (secondary N) is 1. The first-order valence-electron chi connectivity index (χ1n) is 7.75. The van der Waals surface area contributed by atoms with E-state index < -0.39 is 0 Å². The van der Waals surface area contributed by atoms with Gasteiger partial charge in [-0.15, -0.1) is 0 Å². The summed E-state index contributed by atoms with van der Waals surface area (Å²) in [6.45, 7) is 2.27. The lowest BCUT2D eigenvalue weighted by atomic mass is 9.83. The monoisotopic (exact) mass is 281 g/mol. The summed E-state index contributed by atoms with van der Waals surface area (Å²) in [4.78, 5) is 0. The average Bonchev–Trinajstić information content (AvgIpc) is 2.52. The minimum atomic E-state index is 0.544. The normalized spacial score (nSPS) is 20.5. The number of benzene rings is 2. The van der Waals surface area contributed by atoms with Crippen molar-refractivity contribution in [3.05, 3.63) is 59.7 Å². The SMILES string of the molecule is COc1ccccc1CCC1CC(C)Nc2ccccc21. The predicted octanol–water partition coefficient (Wildman–Crippen LogP) is 4.62. The lowest BCUT2D eigenvalue weighted by molar-refractivity contribution is 0.407. The smallest absolute Gasteiger partial charge is 0.122 e. The van der Waals surface area contributed by atoms with E-state index in [1.165, 1.54) is 29.7 Å². The molecule has 0 spiro atoms. The maximum Gasteiger partial charge on any atom is 0.122 e. The quantitative estimate of drug-likeness (QED) is 0.883. The van der Waals surface area contributed by atoms with E-state index in [0.717, 1.165) is 12.2 Å². The third kappa shape index (κ3) is 3.05. The highest BCUT2D eigenvalue weighted by Gasteiger charge is 2.23. The Kier molecular flexibility index (Phi) is 4.14. The van der Waals surface area contributed by atoms with Gasteiger partial charge in [0.2, 0.25) is 0 Å². The molecule has 0 saturated carbocycles. The molecule has 1 N–H and O–H groups in total. The molecule has 2 aromatic rings. The third-order valence-electron chi connectivity index (χ3n) is 4.40. The first kappa shape index (κ1) is 14.0. The molecular weight excluding hydrogens is 258 g/mol. The summed E-state index contributed by atoms with van der Waals surface area (Å²) in [5, 5.41) is 3.59.